The Balaban J connectivity index is 2.55. The summed E-state index contributed by atoms with van der Waals surface area (Å²) in [5.41, 5.74) is 0.913. The van der Waals surface area contributed by atoms with Crippen molar-refractivity contribution in [1.29, 1.82) is 0 Å². The number of unbranched alkanes of at least 4 members (excludes halogenated alkanes) is 3. The summed E-state index contributed by atoms with van der Waals surface area (Å²) in [6, 6.07) is 5.03. The van der Waals surface area contributed by atoms with Gasteiger partial charge in [0.25, 0.3) is 0 Å². The van der Waals surface area contributed by atoms with Gasteiger partial charge in [-0.25, -0.2) is 4.39 Å². The van der Waals surface area contributed by atoms with Crippen LogP contribution in [0.4, 0.5) is 4.39 Å². The molecule has 0 heterocycles. The summed E-state index contributed by atoms with van der Waals surface area (Å²) in [5, 5.41) is 4.23. The third kappa shape index (κ3) is 6.71. The van der Waals surface area contributed by atoms with E-state index in [9.17, 15) is 4.39 Å². The molecule has 0 aliphatic rings. The lowest BCUT2D eigenvalue weighted by Crippen LogP contribution is -2.32. The SMILES string of the molecule is CCCCCCC(Cc1cc(F)ccc1Cl)NCCC. The van der Waals surface area contributed by atoms with Gasteiger partial charge < -0.3 is 5.32 Å². The number of nitrogens with one attached hydrogen (secondary N) is 1. The van der Waals surface area contributed by atoms with Gasteiger partial charge in [-0.1, -0.05) is 51.1 Å². The van der Waals surface area contributed by atoms with Gasteiger partial charge in [0.15, 0.2) is 0 Å². The number of hydrogen-bond donors (Lipinski definition) is 1. The molecule has 0 bridgehead atoms. The highest BCUT2D eigenvalue weighted by Gasteiger charge is 2.11. The van der Waals surface area contributed by atoms with Gasteiger partial charge in [-0.15, -0.1) is 0 Å². The fourth-order valence-corrected chi connectivity index (χ4v) is 2.60. The van der Waals surface area contributed by atoms with Crippen LogP contribution in [0.25, 0.3) is 0 Å². The van der Waals surface area contributed by atoms with Crippen molar-refractivity contribution in [2.24, 2.45) is 0 Å². The maximum absolute atomic E-state index is 13.3. The van der Waals surface area contributed by atoms with Gasteiger partial charge in [-0.2, -0.15) is 0 Å². The molecule has 0 aliphatic carbocycles. The van der Waals surface area contributed by atoms with E-state index in [0.29, 0.717) is 11.1 Å². The molecular formula is C17H27ClFN. The summed E-state index contributed by atoms with van der Waals surface area (Å²) in [4.78, 5) is 0. The molecule has 0 amide bonds. The van der Waals surface area contributed by atoms with E-state index in [-0.39, 0.29) is 5.82 Å². The summed E-state index contributed by atoms with van der Waals surface area (Å²) in [5.74, 6) is -0.204. The average molecular weight is 300 g/mol. The van der Waals surface area contributed by atoms with Crippen LogP contribution in [0.15, 0.2) is 18.2 Å². The molecule has 3 heteroatoms. The van der Waals surface area contributed by atoms with Gasteiger partial charge in [-0.05, 0) is 49.6 Å². The molecule has 0 aromatic heterocycles. The fraction of sp³-hybridized carbons (Fsp3) is 0.647. The van der Waals surface area contributed by atoms with E-state index >= 15 is 0 Å². The molecule has 0 spiro atoms. The topological polar surface area (TPSA) is 12.0 Å². The predicted octanol–water partition coefficient (Wildman–Crippen LogP) is 5.36. The Hall–Kier alpha value is -0.600. The molecule has 1 aromatic carbocycles. The lowest BCUT2D eigenvalue weighted by molar-refractivity contribution is 0.452. The Morgan fingerprint density at radius 1 is 1.15 bits per heavy atom. The molecule has 0 fully saturated rings. The first-order chi connectivity index (χ1) is 9.67. The molecule has 0 saturated carbocycles. The van der Waals surface area contributed by atoms with Crippen molar-refractivity contribution in [2.75, 3.05) is 6.54 Å². The molecule has 114 valence electrons. The zero-order valence-electron chi connectivity index (χ0n) is 12.7. The van der Waals surface area contributed by atoms with E-state index in [4.69, 9.17) is 11.6 Å². The van der Waals surface area contributed by atoms with Gasteiger partial charge in [0.2, 0.25) is 0 Å². The van der Waals surface area contributed by atoms with Crippen LogP contribution in [-0.2, 0) is 6.42 Å². The van der Waals surface area contributed by atoms with Gasteiger partial charge in [0.05, 0.1) is 0 Å². The Morgan fingerprint density at radius 3 is 2.65 bits per heavy atom. The summed E-state index contributed by atoms with van der Waals surface area (Å²) in [7, 11) is 0. The number of hydrogen-bond acceptors (Lipinski definition) is 1. The molecule has 1 atom stereocenters. The highest BCUT2D eigenvalue weighted by Crippen LogP contribution is 2.20. The van der Waals surface area contributed by atoms with Crippen LogP contribution in [0.3, 0.4) is 0 Å². The summed E-state index contributed by atoms with van der Waals surface area (Å²) < 4.78 is 13.3. The minimum absolute atomic E-state index is 0.204. The van der Waals surface area contributed by atoms with Crippen molar-refractivity contribution in [3.63, 3.8) is 0 Å². The minimum Gasteiger partial charge on any atom is -0.314 e. The second kappa shape index (κ2) is 10.2. The molecule has 1 rings (SSSR count). The normalized spacial score (nSPS) is 12.6. The lowest BCUT2D eigenvalue weighted by Gasteiger charge is -2.19. The average Bonchev–Trinajstić information content (AvgIpc) is 2.44. The first-order valence-electron chi connectivity index (χ1n) is 7.84. The van der Waals surface area contributed by atoms with Gasteiger partial charge in [0, 0.05) is 11.1 Å². The van der Waals surface area contributed by atoms with Crippen molar-refractivity contribution in [1.82, 2.24) is 5.32 Å². The highest BCUT2D eigenvalue weighted by atomic mass is 35.5. The molecule has 0 radical (unpaired) electrons. The van der Waals surface area contributed by atoms with Gasteiger partial charge in [-0.3, -0.25) is 0 Å². The molecule has 0 saturated heterocycles. The van der Waals surface area contributed by atoms with Crippen molar-refractivity contribution in [3.05, 3.63) is 34.6 Å². The summed E-state index contributed by atoms with van der Waals surface area (Å²) in [6.45, 7) is 5.39. The number of benzene rings is 1. The predicted molar refractivity (Wildman–Crippen MR) is 86.0 cm³/mol. The van der Waals surface area contributed by atoms with Crippen LogP contribution in [0.2, 0.25) is 5.02 Å². The van der Waals surface area contributed by atoms with E-state index in [1.165, 1.54) is 31.7 Å². The molecule has 1 aromatic rings. The van der Waals surface area contributed by atoms with E-state index in [0.717, 1.165) is 31.4 Å². The zero-order chi connectivity index (χ0) is 14.8. The van der Waals surface area contributed by atoms with Crippen LogP contribution in [0.5, 0.6) is 0 Å². The van der Waals surface area contributed by atoms with Crippen LogP contribution in [0, 0.1) is 5.82 Å². The first kappa shape index (κ1) is 17.5. The van der Waals surface area contributed by atoms with Crippen molar-refractivity contribution >= 4 is 11.6 Å². The largest absolute Gasteiger partial charge is 0.314 e. The Bertz CT molecular complexity index is 381. The van der Waals surface area contributed by atoms with E-state index in [1.54, 1.807) is 12.1 Å². The second-order valence-corrected chi connectivity index (χ2v) is 5.85. The maximum atomic E-state index is 13.3. The summed E-state index contributed by atoms with van der Waals surface area (Å²) >= 11 is 6.16. The van der Waals surface area contributed by atoms with Gasteiger partial charge in [0.1, 0.15) is 5.82 Å². The highest BCUT2D eigenvalue weighted by molar-refractivity contribution is 6.31. The van der Waals surface area contributed by atoms with Crippen LogP contribution in [0.1, 0.15) is 57.9 Å². The lowest BCUT2D eigenvalue weighted by atomic mass is 9.99. The van der Waals surface area contributed by atoms with Gasteiger partial charge >= 0.3 is 0 Å². The standard InChI is InChI=1S/C17H27ClFN/c1-3-5-6-7-8-16(20-11-4-2)13-14-12-15(19)9-10-17(14)18/h9-10,12,16,20H,3-8,11,13H2,1-2H3. The molecular weight excluding hydrogens is 273 g/mol. The van der Waals surface area contributed by atoms with Crippen molar-refractivity contribution in [3.8, 4) is 0 Å². The Labute approximate surface area is 127 Å². The molecule has 1 N–H and O–H groups in total. The van der Waals surface area contributed by atoms with E-state index < -0.39 is 0 Å². The maximum Gasteiger partial charge on any atom is 0.123 e. The molecule has 1 unspecified atom stereocenters. The van der Waals surface area contributed by atoms with Crippen molar-refractivity contribution < 1.29 is 4.39 Å². The fourth-order valence-electron chi connectivity index (χ4n) is 2.41. The zero-order valence-corrected chi connectivity index (χ0v) is 13.5. The van der Waals surface area contributed by atoms with Crippen LogP contribution in [-0.4, -0.2) is 12.6 Å². The number of rotatable bonds is 10. The molecule has 0 aliphatic heterocycles. The third-order valence-corrected chi connectivity index (χ3v) is 3.93. The van der Waals surface area contributed by atoms with Crippen molar-refractivity contribution in [2.45, 2.75) is 64.8 Å². The van der Waals surface area contributed by atoms with E-state index in [1.807, 2.05) is 0 Å². The minimum atomic E-state index is -0.204. The monoisotopic (exact) mass is 299 g/mol. The van der Waals surface area contributed by atoms with Crippen LogP contribution >= 0.6 is 11.6 Å². The first-order valence-corrected chi connectivity index (χ1v) is 8.22. The quantitative estimate of drug-likeness (QED) is 0.573. The van der Waals surface area contributed by atoms with E-state index in [2.05, 4.69) is 19.2 Å². The second-order valence-electron chi connectivity index (χ2n) is 5.44. The molecule has 1 nitrogen and oxygen atoms in total. The third-order valence-electron chi connectivity index (χ3n) is 3.56. The number of halogens is 2. The summed E-state index contributed by atoms with van der Waals surface area (Å²) in [6.07, 6.45) is 8.10. The Kier molecular flexibility index (Phi) is 8.88. The molecule has 20 heavy (non-hydrogen) atoms. The van der Waals surface area contributed by atoms with Crippen LogP contribution < -0.4 is 5.32 Å². The smallest absolute Gasteiger partial charge is 0.123 e. The Morgan fingerprint density at radius 2 is 1.95 bits per heavy atom.